The van der Waals surface area contributed by atoms with Crippen molar-refractivity contribution in [1.82, 2.24) is 5.32 Å². The van der Waals surface area contributed by atoms with Crippen molar-refractivity contribution >= 4 is 5.96 Å². The monoisotopic (exact) mass is 126 g/mol. The summed E-state index contributed by atoms with van der Waals surface area (Å²) in [5.41, 5.74) is 0. The van der Waals surface area contributed by atoms with E-state index in [1.54, 1.807) is 0 Å². The van der Waals surface area contributed by atoms with Gasteiger partial charge in [-0.1, -0.05) is 0 Å². The molecule has 1 atom stereocenters. The third-order valence-electron chi connectivity index (χ3n) is 2.25. The fourth-order valence-electron chi connectivity index (χ4n) is 1.53. The van der Waals surface area contributed by atoms with Crippen LogP contribution in [0.3, 0.4) is 0 Å². The Morgan fingerprint density at radius 1 is 1.56 bits per heavy atom. The van der Waals surface area contributed by atoms with Crippen molar-refractivity contribution in [3.8, 4) is 0 Å². The molecule has 50 valence electrons. The van der Waals surface area contributed by atoms with Crippen LogP contribution < -0.4 is 5.32 Å². The lowest BCUT2D eigenvalue weighted by molar-refractivity contribution is -0.805. The first-order valence-corrected chi connectivity index (χ1v) is 3.45. The van der Waals surface area contributed by atoms with Gasteiger partial charge in [0.05, 0.1) is 20.1 Å². The number of hydrogen-bond acceptors (Lipinski definition) is 2. The molecular formula is C6H12N3+. The van der Waals surface area contributed by atoms with Crippen LogP contribution >= 0.6 is 0 Å². The standard InChI is InChI=1S/C6H12N3/c1-9-4-2-7-6(9)8-3-5-9/h2-5H2,1H3,(H,7,8)/q+1. The number of aliphatic imine (C=N–C) groups is 1. The SMILES string of the molecule is C[N+]12CCN=C1NCC2. The van der Waals surface area contributed by atoms with Gasteiger partial charge >= 0.3 is 0 Å². The van der Waals surface area contributed by atoms with Crippen LogP contribution in [0.5, 0.6) is 0 Å². The summed E-state index contributed by atoms with van der Waals surface area (Å²) in [7, 11) is 2.24. The average Bonchev–Trinajstić information content (AvgIpc) is 2.22. The molecule has 0 spiro atoms. The van der Waals surface area contributed by atoms with E-state index in [1.807, 2.05) is 0 Å². The molecule has 0 amide bonds. The van der Waals surface area contributed by atoms with Crippen LogP contribution in [0.2, 0.25) is 0 Å². The molecule has 0 aliphatic carbocycles. The number of nitrogens with zero attached hydrogens (tertiary/aromatic N) is 2. The fraction of sp³-hybridized carbons (Fsp3) is 0.833. The third kappa shape index (κ3) is 0.580. The lowest BCUT2D eigenvalue weighted by Gasteiger charge is -2.20. The summed E-state index contributed by atoms with van der Waals surface area (Å²) in [6, 6.07) is 0. The highest BCUT2D eigenvalue weighted by atomic mass is 15.5. The van der Waals surface area contributed by atoms with Gasteiger partial charge in [-0.25, -0.2) is 4.99 Å². The number of fused-ring (bicyclic) bond motifs is 1. The smallest absolute Gasteiger partial charge is 0.297 e. The molecule has 3 heteroatoms. The van der Waals surface area contributed by atoms with Crippen molar-refractivity contribution in [2.75, 3.05) is 33.2 Å². The lowest BCUT2D eigenvalue weighted by Crippen LogP contribution is -2.44. The Balaban J connectivity index is 2.31. The zero-order valence-corrected chi connectivity index (χ0v) is 5.72. The minimum atomic E-state index is 1.01. The minimum Gasteiger partial charge on any atom is -0.319 e. The summed E-state index contributed by atoms with van der Waals surface area (Å²) in [6.45, 7) is 4.54. The van der Waals surface area contributed by atoms with E-state index in [1.165, 1.54) is 19.0 Å². The predicted octanol–water partition coefficient (Wildman–Crippen LogP) is -0.594. The summed E-state index contributed by atoms with van der Waals surface area (Å²) in [5, 5.41) is 3.28. The van der Waals surface area contributed by atoms with Gasteiger partial charge in [-0.2, -0.15) is 0 Å². The zero-order valence-electron chi connectivity index (χ0n) is 5.72. The molecule has 0 saturated carbocycles. The van der Waals surface area contributed by atoms with Gasteiger partial charge in [-0.05, 0) is 0 Å². The fourth-order valence-corrected chi connectivity index (χ4v) is 1.53. The summed E-state index contributed by atoms with van der Waals surface area (Å²) in [4.78, 5) is 4.35. The van der Waals surface area contributed by atoms with Gasteiger partial charge in [0.25, 0.3) is 5.96 Å². The Bertz CT molecular complexity index is 164. The highest BCUT2D eigenvalue weighted by Crippen LogP contribution is 2.13. The molecule has 1 fully saturated rings. The van der Waals surface area contributed by atoms with Gasteiger partial charge in [0, 0.05) is 0 Å². The van der Waals surface area contributed by atoms with Crippen LogP contribution in [0.25, 0.3) is 0 Å². The van der Waals surface area contributed by atoms with Crippen LogP contribution in [-0.4, -0.2) is 43.7 Å². The number of likely N-dealkylation sites (N-methyl/N-ethyl adjacent to an activating group) is 1. The molecule has 2 aliphatic rings. The van der Waals surface area contributed by atoms with E-state index in [0.29, 0.717) is 0 Å². The van der Waals surface area contributed by atoms with Crippen LogP contribution in [0, 0.1) is 0 Å². The normalized spacial score (nSPS) is 39.9. The largest absolute Gasteiger partial charge is 0.319 e. The van der Waals surface area contributed by atoms with Crippen LogP contribution in [-0.2, 0) is 0 Å². The third-order valence-corrected chi connectivity index (χ3v) is 2.25. The Hall–Kier alpha value is -0.570. The van der Waals surface area contributed by atoms with E-state index >= 15 is 0 Å². The number of quaternary nitrogens is 1. The first kappa shape index (κ1) is 5.23. The molecule has 2 rings (SSSR count). The molecule has 2 aliphatic heterocycles. The second kappa shape index (κ2) is 1.48. The van der Waals surface area contributed by atoms with Crippen molar-refractivity contribution in [3.05, 3.63) is 0 Å². The van der Waals surface area contributed by atoms with Crippen molar-refractivity contribution in [1.29, 1.82) is 0 Å². The maximum Gasteiger partial charge on any atom is 0.297 e. The Labute approximate surface area is 55.0 Å². The first-order valence-electron chi connectivity index (χ1n) is 3.45. The summed E-state index contributed by atoms with van der Waals surface area (Å²) in [6.07, 6.45) is 0. The Kier molecular flexibility index (Phi) is 0.858. The quantitative estimate of drug-likeness (QED) is 0.431. The predicted molar refractivity (Wildman–Crippen MR) is 36.2 cm³/mol. The second-order valence-electron chi connectivity index (χ2n) is 2.98. The maximum absolute atomic E-state index is 4.35. The van der Waals surface area contributed by atoms with E-state index in [4.69, 9.17) is 0 Å². The van der Waals surface area contributed by atoms with Crippen molar-refractivity contribution in [3.63, 3.8) is 0 Å². The summed E-state index contributed by atoms with van der Waals surface area (Å²) in [5.74, 6) is 1.20. The molecule has 3 nitrogen and oxygen atoms in total. The van der Waals surface area contributed by atoms with Gasteiger partial charge in [0.15, 0.2) is 0 Å². The highest BCUT2D eigenvalue weighted by molar-refractivity contribution is 5.75. The number of hydrogen-bond donors (Lipinski definition) is 1. The Morgan fingerprint density at radius 3 is 3.22 bits per heavy atom. The van der Waals surface area contributed by atoms with Gasteiger partial charge in [-0.3, -0.25) is 4.48 Å². The van der Waals surface area contributed by atoms with Crippen LogP contribution in [0.1, 0.15) is 0 Å². The van der Waals surface area contributed by atoms with Gasteiger partial charge < -0.3 is 5.32 Å². The van der Waals surface area contributed by atoms with Crippen molar-refractivity contribution < 1.29 is 4.48 Å². The topological polar surface area (TPSA) is 24.4 Å². The van der Waals surface area contributed by atoms with Crippen LogP contribution in [0.15, 0.2) is 4.99 Å². The van der Waals surface area contributed by atoms with Gasteiger partial charge in [-0.15, -0.1) is 0 Å². The zero-order chi connectivity index (χ0) is 6.32. The molecule has 0 aromatic carbocycles. The lowest BCUT2D eigenvalue weighted by atomic mass is 10.5. The molecular weight excluding hydrogens is 114 g/mol. The molecule has 1 unspecified atom stereocenters. The van der Waals surface area contributed by atoms with E-state index in [2.05, 4.69) is 17.4 Å². The molecule has 0 aromatic heterocycles. The molecule has 0 bridgehead atoms. The first-order chi connectivity index (χ1) is 4.31. The maximum atomic E-state index is 4.35. The second-order valence-corrected chi connectivity index (χ2v) is 2.98. The average molecular weight is 126 g/mol. The summed E-state index contributed by atoms with van der Waals surface area (Å²) < 4.78 is 1.06. The number of guanidine groups is 1. The summed E-state index contributed by atoms with van der Waals surface area (Å²) >= 11 is 0. The molecule has 9 heavy (non-hydrogen) atoms. The van der Waals surface area contributed by atoms with E-state index in [-0.39, 0.29) is 0 Å². The minimum absolute atomic E-state index is 1.01. The molecule has 2 heterocycles. The molecule has 0 radical (unpaired) electrons. The Morgan fingerprint density at radius 2 is 2.44 bits per heavy atom. The van der Waals surface area contributed by atoms with Crippen LogP contribution in [0.4, 0.5) is 0 Å². The highest BCUT2D eigenvalue weighted by Gasteiger charge is 2.38. The van der Waals surface area contributed by atoms with Gasteiger partial charge in [0.1, 0.15) is 13.1 Å². The van der Waals surface area contributed by atoms with Crippen molar-refractivity contribution in [2.24, 2.45) is 4.99 Å². The van der Waals surface area contributed by atoms with E-state index in [9.17, 15) is 0 Å². The molecule has 0 aromatic rings. The molecule has 1 saturated heterocycles. The molecule has 1 N–H and O–H groups in total. The number of nitrogens with one attached hydrogen (secondary N) is 1. The van der Waals surface area contributed by atoms with Crippen molar-refractivity contribution in [2.45, 2.75) is 0 Å². The van der Waals surface area contributed by atoms with E-state index in [0.717, 1.165) is 17.6 Å². The number of rotatable bonds is 0. The van der Waals surface area contributed by atoms with E-state index < -0.39 is 0 Å². The van der Waals surface area contributed by atoms with Gasteiger partial charge in [0.2, 0.25) is 0 Å².